The Morgan fingerprint density at radius 1 is 1.39 bits per heavy atom. The second-order valence-corrected chi connectivity index (χ2v) is 5.22. The standard InChI is InChI=1S/C15H18N4O4/c1-3-10(4-2)17-14(20)8-18-9-16-13-7-11(19(22)23)5-6-12(13)15(18)21/h5-7,9-10H,3-4,8H2,1-2H3,(H,17,20). The number of non-ortho nitro benzene ring substituents is 1. The van der Waals surface area contributed by atoms with Crippen LogP contribution in [0.3, 0.4) is 0 Å². The smallest absolute Gasteiger partial charge is 0.271 e. The van der Waals surface area contributed by atoms with Crippen LogP contribution in [0.1, 0.15) is 26.7 Å². The van der Waals surface area contributed by atoms with E-state index in [9.17, 15) is 19.7 Å². The van der Waals surface area contributed by atoms with Gasteiger partial charge in [-0.15, -0.1) is 0 Å². The predicted molar refractivity (Wildman–Crippen MR) is 85.2 cm³/mol. The van der Waals surface area contributed by atoms with Crippen molar-refractivity contribution in [3.63, 3.8) is 0 Å². The molecule has 122 valence electrons. The first-order valence-corrected chi connectivity index (χ1v) is 7.39. The number of fused-ring (bicyclic) bond motifs is 1. The van der Waals surface area contributed by atoms with Gasteiger partial charge in [0, 0.05) is 18.2 Å². The monoisotopic (exact) mass is 318 g/mol. The van der Waals surface area contributed by atoms with Crippen molar-refractivity contribution in [3.8, 4) is 0 Å². The van der Waals surface area contributed by atoms with Crippen LogP contribution in [0, 0.1) is 10.1 Å². The van der Waals surface area contributed by atoms with E-state index in [1.807, 2.05) is 13.8 Å². The van der Waals surface area contributed by atoms with Crippen molar-refractivity contribution in [3.05, 3.63) is 45.0 Å². The Kier molecular flexibility index (Phi) is 5.05. The van der Waals surface area contributed by atoms with E-state index >= 15 is 0 Å². The Balaban J connectivity index is 2.27. The van der Waals surface area contributed by atoms with E-state index in [1.165, 1.54) is 29.1 Å². The third-order valence-corrected chi connectivity index (χ3v) is 3.68. The van der Waals surface area contributed by atoms with Gasteiger partial charge in [0.1, 0.15) is 6.54 Å². The summed E-state index contributed by atoms with van der Waals surface area (Å²) in [7, 11) is 0. The van der Waals surface area contributed by atoms with Crippen molar-refractivity contribution in [2.75, 3.05) is 0 Å². The van der Waals surface area contributed by atoms with Crippen LogP contribution in [0.25, 0.3) is 10.9 Å². The van der Waals surface area contributed by atoms with Gasteiger partial charge in [0.25, 0.3) is 11.2 Å². The molecule has 1 amide bonds. The molecule has 0 spiro atoms. The summed E-state index contributed by atoms with van der Waals surface area (Å²) >= 11 is 0. The number of nitrogens with one attached hydrogen (secondary N) is 1. The van der Waals surface area contributed by atoms with Gasteiger partial charge in [-0.1, -0.05) is 13.8 Å². The van der Waals surface area contributed by atoms with Crippen LogP contribution < -0.4 is 10.9 Å². The van der Waals surface area contributed by atoms with Crippen molar-refractivity contribution < 1.29 is 9.72 Å². The lowest BCUT2D eigenvalue weighted by atomic mass is 10.2. The third-order valence-electron chi connectivity index (χ3n) is 3.68. The van der Waals surface area contributed by atoms with Gasteiger partial charge >= 0.3 is 0 Å². The minimum absolute atomic E-state index is 0.0780. The van der Waals surface area contributed by atoms with Gasteiger partial charge in [-0.2, -0.15) is 0 Å². The van der Waals surface area contributed by atoms with E-state index in [0.29, 0.717) is 0 Å². The van der Waals surface area contributed by atoms with Gasteiger partial charge in [-0.25, -0.2) is 4.98 Å². The minimum Gasteiger partial charge on any atom is -0.352 e. The fourth-order valence-corrected chi connectivity index (χ4v) is 2.29. The summed E-state index contributed by atoms with van der Waals surface area (Å²) in [6, 6.07) is 3.93. The Hall–Kier alpha value is -2.77. The molecular weight excluding hydrogens is 300 g/mol. The summed E-state index contributed by atoms with van der Waals surface area (Å²) in [6.45, 7) is 3.82. The van der Waals surface area contributed by atoms with E-state index in [0.717, 1.165) is 12.8 Å². The molecule has 1 aromatic heterocycles. The molecule has 8 nitrogen and oxygen atoms in total. The molecule has 1 heterocycles. The first-order valence-electron chi connectivity index (χ1n) is 7.39. The highest BCUT2D eigenvalue weighted by Gasteiger charge is 2.13. The lowest BCUT2D eigenvalue weighted by molar-refractivity contribution is -0.384. The second kappa shape index (κ2) is 6.99. The van der Waals surface area contributed by atoms with Gasteiger partial charge in [0.2, 0.25) is 5.91 Å². The largest absolute Gasteiger partial charge is 0.352 e. The fourth-order valence-electron chi connectivity index (χ4n) is 2.29. The molecule has 0 bridgehead atoms. The molecule has 2 rings (SSSR count). The maximum absolute atomic E-state index is 12.3. The normalized spacial score (nSPS) is 10.9. The van der Waals surface area contributed by atoms with Crippen LogP contribution in [0.4, 0.5) is 5.69 Å². The van der Waals surface area contributed by atoms with E-state index in [-0.39, 0.29) is 35.1 Å². The average molecular weight is 318 g/mol. The highest BCUT2D eigenvalue weighted by Crippen LogP contribution is 2.16. The third kappa shape index (κ3) is 3.71. The zero-order valence-electron chi connectivity index (χ0n) is 13.0. The molecule has 0 unspecified atom stereocenters. The van der Waals surface area contributed by atoms with Gasteiger partial charge in [-0.05, 0) is 18.9 Å². The van der Waals surface area contributed by atoms with E-state index < -0.39 is 10.5 Å². The number of aromatic nitrogens is 2. The molecule has 0 aliphatic carbocycles. The highest BCUT2D eigenvalue weighted by molar-refractivity contribution is 5.80. The van der Waals surface area contributed by atoms with Gasteiger partial charge < -0.3 is 5.32 Å². The zero-order valence-corrected chi connectivity index (χ0v) is 13.0. The van der Waals surface area contributed by atoms with E-state index in [4.69, 9.17) is 0 Å². The maximum atomic E-state index is 12.3. The van der Waals surface area contributed by atoms with E-state index in [2.05, 4.69) is 10.3 Å². The van der Waals surface area contributed by atoms with Gasteiger partial charge in [0.15, 0.2) is 0 Å². The predicted octanol–water partition coefficient (Wildman–Crippen LogP) is 1.61. The number of amides is 1. The number of carbonyl (C=O) groups is 1. The summed E-state index contributed by atoms with van der Waals surface area (Å²) in [5, 5.41) is 13.8. The number of carbonyl (C=O) groups excluding carboxylic acids is 1. The second-order valence-electron chi connectivity index (χ2n) is 5.22. The quantitative estimate of drug-likeness (QED) is 0.643. The summed E-state index contributed by atoms with van der Waals surface area (Å²) in [5.41, 5.74) is -0.293. The molecule has 0 atom stereocenters. The Morgan fingerprint density at radius 3 is 2.70 bits per heavy atom. The molecule has 0 fully saturated rings. The number of nitrogens with zero attached hydrogens (tertiary/aromatic N) is 3. The SMILES string of the molecule is CCC(CC)NC(=O)Cn1cnc2cc([N+](=O)[O-])ccc2c1=O. The number of benzene rings is 1. The Bertz CT molecular complexity index is 796. The molecule has 1 aromatic carbocycles. The average Bonchev–Trinajstić information content (AvgIpc) is 2.54. The van der Waals surface area contributed by atoms with Gasteiger partial charge in [-0.3, -0.25) is 24.3 Å². The van der Waals surface area contributed by atoms with Crippen LogP contribution in [-0.2, 0) is 11.3 Å². The summed E-state index contributed by atoms with van der Waals surface area (Å²) in [4.78, 5) is 38.6. The molecule has 0 radical (unpaired) electrons. The summed E-state index contributed by atoms with van der Waals surface area (Å²) < 4.78 is 1.20. The summed E-state index contributed by atoms with van der Waals surface area (Å²) in [6.07, 6.45) is 2.87. The Morgan fingerprint density at radius 2 is 2.09 bits per heavy atom. The molecule has 0 aliphatic heterocycles. The first-order chi connectivity index (χ1) is 11.0. The fraction of sp³-hybridized carbons (Fsp3) is 0.400. The van der Waals surface area contributed by atoms with Crippen molar-refractivity contribution in [1.82, 2.24) is 14.9 Å². The Labute approximate surface area is 132 Å². The van der Waals surface area contributed by atoms with Crippen molar-refractivity contribution in [2.45, 2.75) is 39.3 Å². The highest BCUT2D eigenvalue weighted by atomic mass is 16.6. The molecule has 8 heteroatoms. The topological polar surface area (TPSA) is 107 Å². The van der Waals surface area contributed by atoms with Crippen molar-refractivity contribution >= 4 is 22.5 Å². The summed E-state index contributed by atoms with van der Waals surface area (Å²) in [5.74, 6) is -0.260. The molecule has 23 heavy (non-hydrogen) atoms. The number of nitro benzene ring substituents is 1. The lowest BCUT2D eigenvalue weighted by Gasteiger charge is -2.15. The molecule has 0 saturated carbocycles. The molecule has 2 aromatic rings. The minimum atomic E-state index is -0.546. The van der Waals surface area contributed by atoms with Gasteiger partial charge in [0.05, 0.1) is 22.2 Å². The van der Waals surface area contributed by atoms with E-state index in [1.54, 1.807) is 0 Å². The lowest BCUT2D eigenvalue weighted by Crippen LogP contribution is -2.38. The number of hydrogen-bond acceptors (Lipinski definition) is 5. The molecular formula is C15H18N4O4. The number of hydrogen-bond donors (Lipinski definition) is 1. The van der Waals surface area contributed by atoms with Crippen molar-refractivity contribution in [2.24, 2.45) is 0 Å². The number of rotatable bonds is 6. The van der Waals surface area contributed by atoms with Crippen LogP contribution in [-0.4, -0.2) is 26.4 Å². The number of nitro groups is 1. The van der Waals surface area contributed by atoms with Crippen LogP contribution in [0.2, 0.25) is 0 Å². The van der Waals surface area contributed by atoms with Crippen LogP contribution in [0.15, 0.2) is 29.3 Å². The van der Waals surface area contributed by atoms with Crippen LogP contribution >= 0.6 is 0 Å². The van der Waals surface area contributed by atoms with Crippen molar-refractivity contribution in [1.29, 1.82) is 0 Å². The first kappa shape index (κ1) is 16.6. The molecule has 0 saturated heterocycles. The maximum Gasteiger partial charge on any atom is 0.271 e. The molecule has 0 aliphatic rings. The zero-order chi connectivity index (χ0) is 17.0. The molecule has 1 N–H and O–H groups in total. The van der Waals surface area contributed by atoms with Crippen LogP contribution in [0.5, 0.6) is 0 Å².